The fourth-order valence-electron chi connectivity index (χ4n) is 2.50. The lowest BCUT2D eigenvalue weighted by Gasteiger charge is -2.31. The van der Waals surface area contributed by atoms with Crippen LogP contribution in [-0.2, 0) is 9.53 Å². The molecule has 24 heavy (non-hydrogen) atoms. The first-order valence-corrected chi connectivity index (χ1v) is 8.34. The van der Waals surface area contributed by atoms with Crippen molar-refractivity contribution in [2.75, 3.05) is 26.3 Å². The number of rotatable bonds is 6. The Morgan fingerprint density at radius 1 is 1.42 bits per heavy atom. The summed E-state index contributed by atoms with van der Waals surface area (Å²) in [5.41, 5.74) is 11.3. The number of likely N-dealkylation sites (tertiary alicyclic amines) is 1. The number of ether oxygens (including phenoxy) is 1. The molecular formula is C14H21N5O4S. The zero-order valence-corrected chi connectivity index (χ0v) is 14.2. The fraction of sp³-hybridized carbons (Fsp3) is 0.571. The summed E-state index contributed by atoms with van der Waals surface area (Å²) in [6, 6.07) is 0. The van der Waals surface area contributed by atoms with Gasteiger partial charge in [0, 0.05) is 13.1 Å². The molecule has 1 aliphatic rings. The first kappa shape index (κ1) is 18.1. The SMILES string of the molecule is Cc1nc(N=C(N)N)sc1C(=O)N1CCC(COCC(=O)O)CC1. The lowest BCUT2D eigenvalue weighted by molar-refractivity contribution is -0.142. The standard InChI is InChI=1S/C14H21N5O4S/c1-8-11(24-14(17-8)18-13(15)16)12(22)19-4-2-9(3-5-19)6-23-7-10(20)21/h9H,2-7H2,1H3,(H,20,21)(H4,15,16,17,18). The molecule has 0 radical (unpaired) electrons. The number of hydrogen-bond donors (Lipinski definition) is 3. The number of carboxylic acid groups (broad SMARTS) is 1. The van der Waals surface area contributed by atoms with E-state index in [-0.39, 0.29) is 24.4 Å². The van der Waals surface area contributed by atoms with Crippen LogP contribution < -0.4 is 11.5 Å². The predicted molar refractivity (Wildman–Crippen MR) is 89.4 cm³/mol. The Morgan fingerprint density at radius 2 is 2.08 bits per heavy atom. The highest BCUT2D eigenvalue weighted by molar-refractivity contribution is 7.17. The molecule has 0 bridgehead atoms. The van der Waals surface area contributed by atoms with E-state index < -0.39 is 5.97 Å². The van der Waals surface area contributed by atoms with Gasteiger partial charge in [0.15, 0.2) is 5.96 Å². The Labute approximate surface area is 143 Å². The number of carboxylic acids is 1. The number of thiazole rings is 1. The van der Waals surface area contributed by atoms with Crippen molar-refractivity contribution in [2.45, 2.75) is 19.8 Å². The molecule has 0 saturated carbocycles. The maximum absolute atomic E-state index is 12.6. The molecule has 1 amide bonds. The molecule has 0 aliphatic carbocycles. The Kier molecular flexibility index (Phi) is 6.10. The third-order valence-electron chi connectivity index (χ3n) is 3.69. The molecule has 2 heterocycles. The highest BCUT2D eigenvalue weighted by Gasteiger charge is 2.26. The van der Waals surface area contributed by atoms with Crippen molar-refractivity contribution in [1.29, 1.82) is 0 Å². The molecule has 0 spiro atoms. The number of amides is 1. The highest BCUT2D eigenvalue weighted by Crippen LogP contribution is 2.28. The van der Waals surface area contributed by atoms with Gasteiger partial charge in [0.25, 0.3) is 5.91 Å². The van der Waals surface area contributed by atoms with E-state index in [0.717, 1.165) is 12.8 Å². The summed E-state index contributed by atoms with van der Waals surface area (Å²) in [6.07, 6.45) is 1.56. The van der Waals surface area contributed by atoms with Gasteiger partial charge in [-0.25, -0.2) is 9.78 Å². The Balaban J connectivity index is 1.90. The van der Waals surface area contributed by atoms with Crippen LogP contribution in [0, 0.1) is 12.8 Å². The van der Waals surface area contributed by atoms with Crippen LogP contribution in [0.5, 0.6) is 0 Å². The van der Waals surface area contributed by atoms with Gasteiger partial charge in [0.1, 0.15) is 11.5 Å². The fourth-order valence-corrected chi connectivity index (χ4v) is 3.42. The second-order valence-corrected chi connectivity index (χ2v) is 6.57. The lowest BCUT2D eigenvalue weighted by Crippen LogP contribution is -2.39. The van der Waals surface area contributed by atoms with Crippen molar-refractivity contribution in [3.63, 3.8) is 0 Å². The van der Waals surface area contributed by atoms with Gasteiger partial charge >= 0.3 is 5.97 Å². The van der Waals surface area contributed by atoms with Gasteiger partial charge < -0.3 is 26.2 Å². The number of hydrogen-bond acceptors (Lipinski definition) is 6. The Morgan fingerprint density at radius 3 is 2.67 bits per heavy atom. The largest absolute Gasteiger partial charge is 0.480 e. The van der Waals surface area contributed by atoms with E-state index >= 15 is 0 Å². The van der Waals surface area contributed by atoms with Gasteiger partial charge in [0.2, 0.25) is 5.13 Å². The van der Waals surface area contributed by atoms with Gasteiger partial charge in [0.05, 0.1) is 12.3 Å². The molecule has 1 saturated heterocycles. The zero-order valence-electron chi connectivity index (χ0n) is 13.4. The highest BCUT2D eigenvalue weighted by atomic mass is 32.1. The first-order chi connectivity index (χ1) is 11.4. The van der Waals surface area contributed by atoms with E-state index in [4.69, 9.17) is 21.3 Å². The maximum Gasteiger partial charge on any atom is 0.329 e. The average molecular weight is 355 g/mol. The number of aryl methyl sites for hydroxylation is 1. The van der Waals surface area contributed by atoms with Crippen LogP contribution >= 0.6 is 11.3 Å². The van der Waals surface area contributed by atoms with E-state index in [0.29, 0.717) is 35.4 Å². The van der Waals surface area contributed by atoms with Crippen molar-refractivity contribution in [3.8, 4) is 0 Å². The Bertz CT molecular complexity index is 633. The molecule has 0 atom stereocenters. The maximum atomic E-state index is 12.6. The van der Waals surface area contributed by atoms with Crippen molar-refractivity contribution in [3.05, 3.63) is 10.6 Å². The average Bonchev–Trinajstić information content (AvgIpc) is 2.86. The van der Waals surface area contributed by atoms with E-state index in [1.165, 1.54) is 11.3 Å². The van der Waals surface area contributed by atoms with Gasteiger partial charge in [-0.15, -0.1) is 0 Å². The smallest absolute Gasteiger partial charge is 0.329 e. The molecule has 1 aliphatic heterocycles. The third-order valence-corrected chi connectivity index (χ3v) is 4.72. The molecule has 0 aromatic carbocycles. The minimum Gasteiger partial charge on any atom is -0.480 e. The minimum atomic E-state index is -0.972. The zero-order chi connectivity index (χ0) is 17.7. The number of nitrogens with zero attached hydrogens (tertiary/aromatic N) is 3. The molecule has 1 fully saturated rings. The van der Waals surface area contributed by atoms with Crippen LogP contribution in [0.25, 0.3) is 0 Å². The van der Waals surface area contributed by atoms with Crippen LogP contribution in [-0.4, -0.2) is 59.1 Å². The topological polar surface area (TPSA) is 144 Å². The summed E-state index contributed by atoms with van der Waals surface area (Å²) >= 11 is 1.17. The van der Waals surface area contributed by atoms with E-state index in [2.05, 4.69) is 9.98 Å². The number of carbonyl (C=O) groups is 2. The molecule has 1 aromatic rings. The number of nitrogens with two attached hydrogens (primary N) is 2. The second kappa shape index (κ2) is 8.06. The molecule has 5 N–H and O–H groups in total. The number of carbonyl (C=O) groups excluding carboxylic acids is 1. The van der Waals surface area contributed by atoms with Crippen LogP contribution in [0.4, 0.5) is 5.13 Å². The Hall–Kier alpha value is -2.20. The quantitative estimate of drug-likeness (QED) is 0.492. The van der Waals surface area contributed by atoms with Crippen LogP contribution in [0.15, 0.2) is 4.99 Å². The molecular weight excluding hydrogens is 334 g/mol. The summed E-state index contributed by atoms with van der Waals surface area (Å²) < 4.78 is 5.12. The van der Waals surface area contributed by atoms with Crippen LogP contribution in [0.3, 0.4) is 0 Å². The van der Waals surface area contributed by atoms with Gasteiger partial charge in [-0.1, -0.05) is 11.3 Å². The number of piperidine rings is 1. The lowest BCUT2D eigenvalue weighted by atomic mass is 9.97. The molecule has 0 unspecified atom stereocenters. The summed E-state index contributed by atoms with van der Waals surface area (Å²) in [4.78, 5) is 33.4. The van der Waals surface area contributed by atoms with E-state index in [1.54, 1.807) is 11.8 Å². The van der Waals surface area contributed by atoms with Crippen LogP contribution in [0.1, 0.15) is 28.2 Å². The second-order valence-electron chi connectivity index (χ2n) is 5.59. The van der Waals surface area contributed by atoms with E-state index in [9.17, 15) is 9.59 Å². The van der Waals surface area contributed by atoms with Gasteiger partial charge in [-0.3, -0.25) is 4.79 Å². The summed E-state index contributed by atoms with van der Waals surface area (Å²) in [7, 11) is 0. The van der Waals surface area contributed by atoms with Crippen molar-refractivity contribution >= 4 is 34.3 Å². The molecule has 9 nitrogen and oxygen atoms in total. The number of aliphatic imine (C=N–C) groups is 1. The summed E-state index contributed by atoms with van der Waals surface area (Å²) in [6.45, 7) is 3.08. The van der Waals surface area contributed by atoms with Crippen molar-refractivity contribution in [2.24, 2.45) is 22.4 Å². The van der Waals surface area contributed by atoms with Gasteiger partial charge in [-0.2, -0.15) is 4.99 Å². The summed E-state index contributed by atoms with van der Waals surface area (Å²) in [5, 5.41) is 8.93. The third kappa shape index (κ3) is 4.90. The molecule has 10 heteroatoms. The first-order valence-electron chi connectivity index (χ1n) is 7.52. The van der Waals surface area contributed by atoms with Crippen molar-refractivity contribution < 1.29 is 19.4 Å². The van der Waals surface area contributed by atoms with Crippen LogP contribution in [0.2, 0.25) is 0 Å². The monoisotopic (exact) mass is 355 g/mol. The van der Waals surface area contributed by atoms with Crippen molar-refractivity contribution in [1.82, 2.24) is 9.88 Å². The summed E-state index contributed by atoms with van der Waals surface area (Å²) in [5.74, 6) is -0.870. The van der Waals surface area contributed by atoms with E-state index in [1.807, 2.05) is 0 Å². The molecule has 2 rings (SSSR count). The normalized spacial score (nSPS) is 15.3. The van der Waals surface area contributed by atoms with Gasteiger partial charge in [-0.05, 0) is 25.7 Å². The number of aliphatic carboxylic acids is 1. The number of guanidine groups is 1. The molecule has 1 aromatic heterocycles. The predicted octanol–water partition coefficient (Wildman–Crippen LogP) is 0.310. The minimum absolute atomic E-state index is 0.0769. The number of aromatic nitrogens is 1. The molecule has 132 valence electrons.